The highest BCUT2D eigenvalue weighted by Gasteiger charge is 2.17. The molecule has 1 rings (SSSR count). The summed E-state index contributed by atoms with van der Waals surface area (Å²) in [5.41, 5.74) is 6.53. The molecule has 0 aliphatic rings. The van der Waals surface area contributed by atoms with E-state index in [9.17, 15) is 4.79 Å². The number of rotatable bonds is 5. The number of nitrogens with two attached hydrogens (primary N) is 1. The second-order valence-electron chi connectivity index (χ2n) is 4.30. The normalized spacial score (nSPS) is 12.1. The van der Waals surface area contributed by atoms with Crippen molar-refractivity contribution >= 4 is 17.5 Å². The summed E-state index contributed by atoms with van der Waals surface area (Å²) >= 11 is 6.10. The number of benzene rings is 1. The van der Waals surface area contributed by atoms with E-state index in [4.69, 9.17) is 22.1 Å². The third-order valence-electron chi connectivity index (χ3n) is 2.52. The van der Waals surface area contributed by atoms with Crippen molar-refractivity contribution in [2.75, 3.05) is 20.6 Å². The van der Waals surface area contributed by atoms with Crippen LogP contribution in [0.15, 0.2) is 18.2 Å². The molecule has 1 aromatic rings. The van der Waals surface area contributed by atoms with Gasteiger partial charge >= 0.3 is 0 Å². The van der Waals surface area contributed by atoms with Crippen LogP contribution in [-0.4, -0.2) is 37.6 Å². The highest BCUT2D eigenvalue weighted by atomic mass is 35.5. The fourth-order valence-corrected chi connectivity index (χ4v) is 1.81. The maximum atomic E-state index is 11.7. The predicted octanol–water partition coefficient (Wildman–Crippen LogP) is 1.70. The second-order valence-corrected chi connectivity index (χ2v) is 4.70. The number of carbonyl (C=O) groups excluding carboxylic acids is 1. The van der Waals surface area contributed by atoms with Gasteiger partial charge in [-0.2, -0.15) is 0 Å². The van der Waals surface area contributed by atoms with Gasteiger partial charge in [-0.1, -0.05) is 17.7 Å². The van der Waals surface area contributed by atoms with Crippen LogP contribution < -0.4 is 10.5 Å². The lowest BCUT2D eigenvalue weighted by Crippen LogP contribution is -2.35. The first kappa shape index (κ1) is 14.8. The Morgan fingerprint density at radius 2 is 2.17 bits per heavy atom. The molecule has 0 spiro atoms. The van der Waals surface area contributed by atoms with Gasteiger partial charge in [-0.05, 0) is 37.6 Å². The maximum Gasteiger partial charge on any atom is 0.262 e. The van der Waals surface area contributed by atoms with Gasteiger partial charge in [0.15, 0.2) is 6.10 Å². The van der Waals surface area contributed by atoms with Crippen molar-refractivity contribution in [3.05, 3.63) is 28.8 Å². The fourth-order valence-electron chi connectivity index (χ4n) is 1.57. The number of carbonyl (C=O) groups is 1. The predicted molar refractivity (Wildman–Crippen MR) is 73.0 cm³/mol. The van der Waals surface area contributed by atoms with Crippen LogP contribution in [0.2, 0.25) is 5.02 Å². The molecule has 1 atom stereocenters. The summed E-state index contributed by atoms with van der Waals surface area (Å²) in [7, 11) is 3.38. The second kappa shape index (κ2) is 6.61. The summed E-state index contributed by atoms with van der Waals surface area (Å²) < 4.78 is 5.55. The molecule has 1 aromatic carbocycles. The zero-order valence-electron chi connectivity index (χ0n) is 10.9. The lowest BCUT2D eigenvalue weighted by molar-refractivity contribution is -0.135. The van der Waals surface area contributed by atoms with Crippen LogP contribution in [0.1, 0.15) is 12.5 Å². The first-order valence-electron chi connectivity index (χ1n) is 5.82. The van der Waals surface area contributed by atoms with Crippen LogP contribution in [0.5, 0.6) is 5.75 Å². The minimum absolute atomic E-state index is 0.0999. The Bertz CT molecular complexity index is 421. The smallest absolute Gasteiger partial charge is 0.262 e. The topological polar surface area (TPSA) is 55.6 Å². The van der Waals surface area contributed by atoms with Crippen LogP contribution >= 0.6 is 11.6 Å². The van der Waals surface area contributed by atoms with Crippen molar-refractivity contribution in [1.82, 2.24) is 4.90 Å². The highest BCUT2D eigenvalue weighted by Crippen LogP contribution is 2.26. The van der Waals surface area contributed by atoms with Crippen molar-refractivity contribution in [2.45, 2.75) is 19.4 Å². The summed E-state index contributed by atoms with van der Waals surface area (Å²) in [6.07, 6.45) is 0.212. The van der Waals surface area contributed by atoms with E-state index >= 15 is 0 Å². The van der Waals surface area contributed by atoms with E-state index in [0.717, 1.165) is 12.0 Å². The molecule has 100 valence electrons. The third-order valence-corrected chi connectivity index (χ3v) is 2.82. The lowest BCUT2D eigenvalue weighted by Gasteiger charge is -2.19. The first-order valence-corrected chi connectivity index (χ1v) is 6.19. The largest absolute Gasteiger partial charge is 0.479 e. The van der Waals surface area contributed by atoms with E-state index in [1.54, 1.807) is 27.1 Å². The zero-order chi connectivity index (χ0) is 13.7. The third kappa shape index (κ3) is 3.89. The average Bonchev–Trinajstić information content (AvgIpc) is 2.31. The molecule has 0 aliphatic heterocycles. The molecular weight excluding hydrogens is 252 g/mol. The number of amides is 1. The van der Waals surface area contributed by atoms with Crippen molar-refractivity contribution in [1.29, 1.82) is 0 Å². The minimum Gasteiger partial charge on any atom is -0.479 e. The van der Waals surface area contributed by atoms with Gasteiger partial charge in [0.2, 0.25) is 0 Å². The van der Waals surface area contributed by atoms with Gasteiger partial charge in [-0.15, -0.1) is 0 Å². The molecule has 0 aliphatic carbocycles. The van der Waals surface area contributed by atoms with E-state index in [2.05, 4.69) is 0 Å². The molecule has 18 heavy (non-hydrogen) atoms. The van der Waals surface area contributed by atoms with Gasteiger partial charge in [0.05, 0.1) is 5.02 Å². The molecule has 0 saturated carbocycles. The number of hydrogen-bond donors (Lipinski definition) is 1. The molecule has 0 aromatic heterocycles. The first-order chi connectivity index (χ1) is 8.45. The van der Waals surface area contributed by atoms with E-state index in [1.165, 1.54) is 4.90 Å². The zero-order valence-corrected chi connectivity index (χ0v) is 11.7. The Hall–Kier alpha value is -1.26. The lowest BCUT2D eigenvalue weighted by atomic mass is 10.1. The Morgan fingerprint density at radius 3 is 2.67 bits per heavy atom. The van der Waals surface area contributed by atoms with Crippen LogP contribution in [-0.2, 0) is 11.2 Å². The fraction of sp³-hybridized carbons (Fsp3) is 0.462. The van der Waals surface area contributed by atoms with Gasteiger partial charge in [0.25, 0.3) is 5.91 Å². The van der Waals surface area contributed by atoms with E-state index in [-0.39, 0.29) is 5.91 Å². The minimum atomic E-state index is -0.558. The Morgan fingerprint density at radius 1 is 1.50 bits per heavy atom. The SMILES string of the molecule is CC(Oc1ccc(CCN)cc1Cl)C(=O)N(C)C. The van der Waals surface area contributed by atoms with Crippen molar-refractivity contribution < 1.29 is 9.53 Å². The summed E-state index contributed by atoms with van der Waals surface area (Å²) in [6, 6.07) is 5.49. The van der Waals surface area contributed by atoms with Gasteiger partial charge in [0, 0.05) is 14.1 Å². The van der Waals surface area contributed by atoms with E-state index in [0.29, 0.717) is 17.3 Å². The molecular formula is C13H19ClN2O2. The van der Waals surface area contributed by atoms with Gasteiger partial charge in [-0.3, -0.25) is 4.79 Å². The molecule has 5 heteroatoms. The number of likely N-dealkylation sites (N-methyl/N-ethyl adjacent to an activating group) is 1. The van der Waals surface area contributed by atoms with E-state index < -0.39 is 6.10 Å². The number of halogens is 1. The van der Waals surface area contributed by atoms with Crippen molar-refractivity contribution in [3.8, 4) is 5.75 Å². The quantitative estimate of drug-likeness (QED) is 0.886. The molecule has 0 fully saturated rings. The average molecular weight is 271 g/mol. The summed E-state index contributed by atoms with van der Waals surface area (Å²) in [5.74, 6) is 0.414. The van der Waals surface area contributed by atoms with Gasteiger partial charge in [0.1, 0.15) is 5.75 Å². The Balaban J connectivity index is 2.76. The van der Waals surface area contributed by atoms with Crippen LogP contribution in [0.25, 0.3) is 0 Å². The van der Waals surface area contributed by atoms with Crippen LogP contribution in [0.4, 0.5) is 0 Å². The van der Waals surface area contributed by atoms with Gasteiger partial charge < -0.3 is 15.4 Å². The van der Waals surface area contributed by atoms with Gasteiger partial charge in [-0.25, -0.2) is 0 Å². The van der Waals surface area contributed by atoms with E-state index in [1.807, 2.05) is 12.1 Å². The Labute approximate surface area is 113 Å². The molecule has 0 saturated heterocycles. The Kier molecular flexibility index (Phi) is 5.44. The van der Waals surface area contributed by atoms with Crippen LogP contribution in [0.3, 0.4) is 0 Å². The molecule has 2 N–H and O–H groups in total. The van der Waals surface area contributed by atoms with Crippen LogP contribution in [0, 0.1) is 0 Å². The van der Waals surface area contributed by atoms with Crippen molar-refractivity contribution in [2.24, 2.45) is 5.73 Å². The summed E-state index contributed by atoms with van der Waals surface area (Å²) in [5, 5.41) is 0.499. The van der Waals surface area contributed by atoms with Crippen molar-refractivity contribution in [3.63, 3.8) is 0 Å². The molecule has 1 amide bonds. The summed E-state index contributed by atoms with van der Waals surface area (Å²) in [6.45, 7) is 2.28. The molecule has 0 heterocycles. The molecule has 1 unspecified atom stereocenters. The maximum absolute atomic E-state index is 11.7. The monoisotopic (exact) mass is 270 g/mol. The number of hydrogen-bond acceptors (Lipinski definition) is 3. The molecule has 0 bridgehead atoms. The molecule has 4 nitrogen and oxygen atoms in total. The summed E-state index contributed by atoms with van der Waals surface area (Å²) in [4.78, 5) is 13.2. The number of nitrogens with zero attached hydrogens (tertiary/aromatic N) is 1. The number of ether oxygens (including phenoxy) is 1. The molecule has 0 radical (unpaired) electrons. The highest BCUT2D eigenvalue weighted by molar-refractivity contribution is 6.32. The standard InChI is InChI=1S/C13H19ClN2O2/c1-9(13(17)16(2)3)18-12-5-4-10(6-7-15)8-11(12)14/h4-5,8-9H,6-7,15H2,1-3H3.